The summed E-state index contributed by atoms with van der Waals surface area (Å²) in [4.78, 5) is 0. The number of rotatable bonds is 5. The molecule has 0 aliphatic heterocycles. The molecule has 1 rings (SSSR count). The number of alkyl halides is 2. The van der Waals surface area contributed by atoms with Gasteiger partial charge in [-0.2, -0.15) is 17.2 Å². The number of halogens is 2. The van der Waals surface area contributed by atoms with E-state index in [1.165, 1.54) is 11.6 Å². The first-order valence-electron chi connectivity index (χ1n) is 5.79. The number of allylic oxidation sites excluding steroid dienone is 1. The third-order valence-corrected chi connectivity index (χ3v) is 1.97. The zero-order chi connectivity index (χ0) is 15.6. The molecule has 4 nitrogen and oxygen atoms in total. The van der Waals surface area contributed by atoms with E-state index in [2.05, 4.69) is 0 Å². The molecular formula is C13H18F2O4S. The van der Waals surface area contributed by atoms with Crippen molar-refractivity contribution in [3.63, 3.8) is 0 Å². The second kappa shape index (κ2) is 8.78. The van der Waals surface area contributed by atoms with Gasteiger partial charge < -0.3 is 5.11 Å². The van der Waals surface area contributed by atoms with Gasteiger partial charge in [0.2, 0.25) is 0 Å². The van der Waals surface area contributed by atoms with Gasteiger partial charge in [0.15, 0.2) is 0 Å². The summed E-state index contributed by atoms with van der Waals surface area (Å²) in [5.41, 5.74) is 1.18. The predicted molar refractivity (Wildman–Crippen MR) is 73.2 cm³/mol. The zero-order valence-corrected chi connectivity index (χ0v) is 11.9. The van der Waals surface area contributed by atoms with Crippen LogP contribution in [0.2, 0.25) is 0 Å². The molecule has 1 aromatic carbocycles. The van der Waals surface area contributed by atoms with Crippen LogP contribution in [0, 0.1) is 0 Å². The van der Waals surface area contributed by atoms with Crippen molar-refractivity contribution in [2.24, 2.45) is 0 Å². The van der Waals surface area contributed by atoms with E-state index in [0.717, 1.165) is 6.42 Å². The van der Waals surface area contributed by atoms with Crippen molar-refractivity contribution in [1.82, 2.24) is 0 Å². The lowest BCUT2D eigenvalue weighted by Crippen LogP contribution is -2.11. The third-order valence-electron chi connectivity index (χ3n) is 1.97. The van der Waals surface area contributed by atoms with Gasteiger partial charge in [-0.1, -0.05) is 42.5 Å². The number of hydrogen-bond donors (Lipinski definition) is 2. The molecular weight excluding hydrogens is 290 g/mol. The first-order chi connectivity index (χ1) is 9.08. The Kier molecular flexibility index (Phi) is 8.21. The van der Waals surface area contributed by atoms with Gasteiger partial charge in [0.25, 0.3) is 10.1 Å². The summed E-state index contributed by atoms with van der Waals surface area (Å²) in [7, 11) is -3.67. The quantitative estimate of drug-likeness (QED) is 0.648. The summed E-state index contributed by atoms with van der Waals surface area (Å²) in [6.07, 6.45) is 1.03. The first-order valence-corrected chi connectivity index (χ1v) is 7.64. The third kappa shape index (κ3) is 16.7. The maximum atomic E-state index is 12.0. The molecule has 2 N–H and O–H groups in total. The van der Waals surface area contributed by atoms with Crippen LogP contribution in [-0.4, -0.2) is 30.4 Å². The SMILES string of the molecule is CS(=O)(=O)O.OC(F)(F)C/C=C/CCc1ccccc1. The largest absolute Gasteiger partial charge is 0.356 e. The lowest BCUT2D eigenvalue weighted by Gasteiger charge is -2.03. The molecule has 0 aliphatic rings. The highest BCUT2D eigenvalue weighted by atomic mass is 32.2. The second-order valence-electron chi connectivity index (χ2n) is 4.10. The van der Waals surface area contributed by atoms with Gasteiger partial charge in [0.05, 0.1) is 12.7 Å². The molecule has 0 heterocycles. The van der Waals surface area contributed by atoms with E-state index in [4.69, 9.17) is 9.66 Å². The van der Waals surface area contributed by atoms with E-state index < -0.39 is 22.6 Å². The van der Waals surface area contributed by atoms with Crippen LogP contribution in [0.25, 0.3) is 0 Å². The molecule has 7 heteroatoms. The lowest BCUT2D eigenvalue weighted by atomic mass is 10.1. The van der Waals surface area contributed by atoms with Crippen molar-refractivity contribution < 1.29 is 26.9 Å². The fraction of sp³-hybridized carbons (Fsp3) is 0.385. The average molecular weight is 308 g/mol. The predicted octanol–water partition coefficient (Wildman–Crippen LogP) is 2.65. The Morgan fingerprint density at radius 1 is 1.20 bits per heavy atom. The van der Waals surface area contributed by atoms with Crippen LogP contribution in [0.15, 0.2) is 42.5 Å². The topological polar surface area (TPSA) is 74.6 Å². The van der Waals surface area contributed by atoms with E-state index >= 15 is 0 Å². The van der Waals surface area contributed by atoms with Gasteiger partial charge in [0, 0.05) is 0 Å². The van der Waals surface area contributed by atoms with E-state index in [1.807, 2.05) is 30.3 Å². The van der Waals surface area contributed by atoms with Gasteiger partial charge in [-0.3, -0.25) is 4.55 Å². The Bertz CT molecular complexity index is 485. The average Bonchev–Trinajstić information content (AvgIpc) is 2.26. The second-order valence-corrected chi connectivity index (χ2v) is 5.56. The van der Waals surface area contributed by atoms with Crippen molar-refractivity contribution in [3.05, 3.63) is 48.0 Å². The maximum absolute atomic E-state index is 12.0. The molecule has 20 heavy (non-hydrogen) atoms. The molecule has 0 fully saturated rings. The highest BCUT2D eigenvalue weighted by Crippen LogP contribution is 2.14. The summed E-state index contributed by atoms with van der Waals surface area (Å²) >= 11 is 0. The van der Waals surface area contributed by atoms with Crippen LogP contribution >= 0.6 is 0 Å². The van der Waals surface area contributed by atoms with Crippen LogP contribution in [0.5, 0.6) is 0 Å². The highest BCUT2D eigenvalue weighted by molar-refractivity contribution is 7.85. The van der Waals surface area contributed by atoms with E-state index in [-0.39, 0.29) is 0 Å². The lowest BCUT2D eigenvalue weighted by molar-refractivity contribution is -0.194. The number of hydrogen-bond acceptors (Lipinski definition) is 3. The van der Waals surface area contributed by atoms with Gasteiger partial charge in [-0.25, -0.2) is 0 Å². The molecule has 0 amide bonds. The number of aliphatic hydroxyl groups is 1. The molecule has 0 radical (unpaired) electrons. The molecule has 0 aromatic heterocycles. The van der Waals surface area contributed by atoms with Crippen LogP contribution in [-0.2, 0) is 16.5 Å². The van der Waals surface area contributed by atoms with Crippen LogP contribution in [0.1, 0.15) is 18.4 Å². The minimum Gasteiger partial charge on any atom is -0.336 e. The van der Waals surface area contributed by atoms with E-state index in [9.17, 15) is 17.2 Å². The minimum atomic E-state index is -3.67. The van der Waals surface area contributed by atoms with Gasteiger partial charge in [-0.15, -0.1) is 0 Å². The first kappa shape index (κ1) is 18.7. The molecule has 0 saturated heterocycles. The number of benzene rings is 1. The number of aryl methyl sites for hydroxylation is 1. The fourth-order valence-electron chi connectivity index (χ4n) is 1.24. The van der Waals surface area contributed by atoms with Gasteiger partial charge in [0.1, 0.15) is 0 Å². The van der Waals surface area contributed by atoms with E-state index in [1.54, 1.807) is 6.08 Å². The Labute approximate surface area is 117 Å². The van der Waals surface area contributed by atoms with Gasteiger partial charge in [-0.05, 0) is 18.4 Å². The summed E-state index contributed by atoms with van der Waals surface area (Å²) < 4.78 is 49.8. The highest BCUT2D eigenvalue weighted by Gasteiger charge is 2.20. The summed E-state index contributed by atoms with van der Waals surface area (Å²) in [5, 5.41) is 8.15. The smallest absolute Gasteiger partial charge is 0.336 e. The van der Waals surface area contributed by atoms with Crippen LogP contribution < -0.4 is 0 Å². The standard InChI is InChI=1S/C12H14F2O.CH4O3S/c13-12(14,15)10-6-2-5-9-11-7-3-1-4-8-11;1-5(2,3)4/h1-4,6-8,15H,5,9-10H2;1H3,(H,2,3,4)/b6-2+;. The van der Waals surface area contributed by atoms with Crippen molar-refractivity contribution in [2.45, 2.75) is 25.4 Å². The van der Waals surface area contributed by atoms with Crippen molar-refractivity contribution >= 4 is 10.1 Å². The molecule has 0 spiro atoms. The Morgan fingerprint density at radius 2 is 1.70 bits per heavy atom. The molecule has 0 atom stereocenters. The summed E-state index contributed by atoms with van der Waals surface area (Å²) in [5.74, 6) is 0. The zero-order valence-electron chi connectivity index (χ0n) is 11.0. The molecule has 114 valence electrons. The van der Waals surface area contributed by atoms with Crippen LogP contribution in [0.3, 0.4) is 0 Å². The Balaban J connectivity index is 0.000000621. The Morgan fingerprint density at radius 3 is 2.15 bits per heavy atom. The molecule has 0 aliphatic carbocycles. The fourth-order valence-corrected chi connectivity index (χ4v) is 1.24. The molecule has 0 saturated carbocycles. The monoisotopic (exact) mass is 308 g/mol. The van der Waals surface area contributed by atoms with Crippen molar-refractivity contribution in [1.29, 1.82) is 0 Å². The summed E-state index contributed by atoms with van der Waals surface area (Å²) in [6, 6.07) is 9.82. The van der Waals surface area contributed by atoms with Crippen LogP contribution in [0.4, 0.5) is 8.78 Å². The Hall–Kier alpha value is -1.31. The molecule has 0 unspecified atom stereocenters. The molecule has 0 bridgehead atoms. The minimum absolute atomic E-state index is 0.609. The van der Waals surface area contributed by atoms with Crippen molar-refractivity contribution in [3.8, 4) is 0 Å². The van der Waals surface area contributed by atoms with Crippen molar-refractivity contribution in [2.75, 3.05) is 6.26 Å². The molecule has 1 aromatic rings. The maximum Gasteiger partial charge on any atom is 0.356 e. The van der Waals surface area contributed by atoms with E-state index in [0.29, 0.717) is 12.7 Å². The summed E-state index contributed by atoms with van der Waals surface area (Å²) in [6.45, 7) is 0. The van der Waals surface area contributed by atoms with Gasteiger partial charge >= 0.3 is 6.11 Å². The normalized spacial score (nSPS) is 12.1.